The van der Waals surface area contributed by atoms with Crippen LogP contribution in [-0.4, -0.2) is 33.8 Å². The molecule has 0 bridgehead atoms. The van der Waals surface area contributed by atoms with E-state index >= 15 is 0 Å². The third-order valence-corrected chi connectivity index (χ3v) is 2.69. The van der Waals surface area contributed by atoms with Crippen molar-refractivity contribution in [2.45, 2.75) is 0 Å². The zero-order valence-corrected chi connectivity index (χ0v) is 8.50. The van der Waals surface area contributed by atoms with Gasteiger partial charge in [0.1, 0.15) is 0 Å². The normalized spacial score (nSPS) is 20.0. The lowest BCUT2D eigenvalue weighted by atomic mass is 10.7. The van der Waals surface area contributed by atoms with Crippen LogP contribution in [-0.2, 0) is 9.59 Å². The molecule has 4 amide bonds. The molecule has 2 aliphatic heterocycles. The number of rotatable bonds is 0. The molecule has 0 atom stereocenters. The molecule has 0 aromatic heterocycles. The fraction of sp³-hybridized carbons (Fsp3) is 0.333. The molecule has 0 aromatic carbocycles. The summed E-state index contributed by atoms with van der Waals surface area (Å²) in [5.41, 5.74) is 0. The number of carbonyl (C=O) groups excluding carboxylic acids is 4. The summed E-state index contributed by atoms with van der Waals surface area (Å²) in [6, 6.07) is 0. The van der Waals surface area contributed by atoms with E-state index in [1.165, 1.54) is 0 Å². The van der Waals surface area contributed by atoms with E-state index in [-0.39, 0.29) is 22.3 Å². The van der Waals surface area contributed by atoms with E-state index in [9.17, 15) is 19.2 Å². The number of carbonyl (C=O) groups is 4. The van der Waals surface area contributed by atoms with Gasteiger partial charge in [0.05, 0.1) is 11.5 Å². The molecule has 8 heteroatoms. The topological polar surface area (TPSA) is 92.3 Å². The summed E-state index contributed by atoms with van der Waals surface area (Å²) >= 11 is 2.01. The molecule has 2 heterocycles. The maximum Gasteiger partial charge on any atom is 0.286 e. The number of hydrogen-bond acceptors (Lipinski definition) is 6. The first-order chi connectivity index (χ1) is 6.58. The van der Waals surface area contributed by atoms with Crippen LogP contribution < -0.4 is 10.6 Å². The van der Waals surface area contributed by atoms with Crippen molar-refractivity contribution in [2.24, 2.45) is 0 Å². The van der Waals surface area contributed by atoms with Crippen molar-refractivity contribution in [3.05, 3.63) is 0 Å². The summed E-state index contributed by atoms with van der Waals surface area (Å²) in [5, 5.41) is 3.74. The van der Waals surface area contributed by atoms with E-state index in [1.54, 1.807) is 0 Å². The smallest absolute Gasteiger partial charge is 0.286 e. The summed E-state index contributed by atoms with van der Waals surface area (Å²) in [5.74, 6) is 0.211. The molecule has 0 saturated carbocycles. The fourth-order valence-electron chi connectivity index (χ4n) is 0.634. The van der Waals surface area contributed by atoms with Gasteiger partial charge in [-0.1, -0.05) is 23.5 Å². The van der Waals surface area contributed by atoms with Crippen molar-refractivity contribution in [3.8, 4) is 0 Å². The molecule has 76 valence electrons. The highest BCUT2D eigenvalue weighted by atomic mass is 32.2. The molecular formula is C6H6N2O4S2. The first-order valence-corrected chi connectivity index (χ1v) is 5.48. The number of nitrogens with one attached hydrogen (secondary N) is 2. The van der Waals surface area contributed by atoms with E-state index in [2.05, 4.69) is 10.6 Å². The highest BCUT2D eigenvalue weighted by Crippen LogP contribution is 2.06. The second kappa shape index (κ2) is 5.01. The monoisotopic (exact) mass is 234 g/mol. The van der Waals surface area contributed by atoms with Gasteiger partial charge in [0.2, 0.25) is 11.8 Å². The van der Waals surface area contributed by atoms with Crippen LogP contribution in [0.4, 0.5) is 9.59 Å². The lowest BCUT2D eigenvalue weighted by molar-refractivity contribution is -0.117. The summed E-state index contributed by atoms with van der Waals surface area (Å²) in [6.45, 7) is 0. The van der Waals surface area contributed by atoms with Gasteiger partial charge in [-0.2, -0.15) is 0 Å². The van der Waals surface area contributed by atoms with Crippen molar-refractivity contribution < 1.29 is 19.2 Å². The summed E-state index contributed by atoms with van der Waals surface area (Å²) in [4.78, 5) is 40.4. The van der Waals surface area contributed by atoms with Crippen LogP contribution in [0.25, 0.3) is 0 Å². The molecule has 0 radical (unpaired) electrons. The minimum absolute atomic E-state index is 0.185. The minimum Gasteiger partial charge on any atom is -0.286 e. The van der Waals surface area contributed by atoms with Gasteiger partial charge >= 0.3 is 0 Å². The molecule has 2 aliphatic rings. The maximum absolute atomic E-state index is 10.1. The number of thioether (sulfide) groups is 2. The van der Waals surface area contributed by atoms with Crippen LogP contribution in [0.1, 0.15) is 0 Å². The summed E-state index contributed by atoms with van der Waals surface area (Å²) < 4.78 is 0. The van der Waals surface area contributed by atoms with Gasteiger partial charge in [0, 0.05) is 0 Å². The van der Waals surface area contributed by atoms with E-state index < -0.39 is 0 Å². The Morgan fingerprint density at radius 1 is 0.786 bits per heavy atom. The van der Waals surface area contributed by atoms with Crippen LogP contribution in [0, 0.1) is 0 Å². The Labute approximate surface area is 87.6 Å². The van der Waals surface area contributed by atoms with Crippen LogP contribution in [0.15, 0.2) is 0 Å². The SMILES string of the molecule is O=C1CSC(=O)N1.O=C1CSC(=O)N1. The van der Waals surface area contributed by atoms with E-state index in [0.29, 0.717) is 11.5 Å². The van der Waals surface area contributed by atoms with E-state index in [0.717, 1.165) is 23.5 Å². The van der Waals surface area contributed by atoms with Crippen LogP contribution in [0.3, 0.4) is 0 Å². The summed E-state index contributed by atoms with van der Waals surface area (Å²) in [6.07, 6.45) is 0. The lowest BCUT2D eigenvalue weighted by Gasteiger charge is -1.77. The van der Waals surface area contributed by atoms with Crippen molar-refractivity contribution in [1.29, 1.82) is 0 Å². The van der Waals surface area contributed by atoms with E-state index in [4.69, 9.17) is 0 Å². The Morgan fingerprint density at radius 3 is 1.21 bits per heavy atom. The first-order valence-electron chi connectivity index (χ1n) is 3.51. The molecule has 2 N–H and O–H groups in total. The third-order valence-electron chi connectivity index (χ3n) is 1.15. The van der Waals surface area contributed by atoms with Crippen LogP contribution in [0.5, 0.6) is 0 Å². The van der Waals surface area contributed by atoms with E-state index in [1.807, 2.05) is 0 Å². The van der Waals surface area contributed by atoms with Crippen molar-refractivity contribution in [1.82, 2.24) is 10.6 Å². The Hall–Kier alpha value is -1.02. The summed E-state index contributed by atoms with van der Waals surface area (Å²) in [7, 11) is 0. The number of amides is 4. The molecule has 2 fully saturated rings. The third kappa shape index (κ3) is 3.79. The highest BCUT2D eigenvalue weighted by Gasteiger charge is 2.17. The zero-order valence-electron chi connectivity index (χ0n) is 6.86. The maximum atomic E-state index is 10.1. The Morgan fingerprint density at radius 2 is 1.14 bits per heavy atom. The molecule has 6 nitrogen and oxygen atoms in total. The van der Waals surface area contributed by atoms with Crippen molar-refractivity contribution >= 4 is 45.8 Å². The number of imide groups is 2. The van der Waals surface area contributed by atoms with Gasteiger partial charge in [0.15, 0.2) is 0 Å². The second-order valence-corrected chi connectivity index (χ2v) is 4.14. The Balaban J connectivity index is 0.000000140. The average Bonchev–Trinajstić information content (AvgIpc) is 2.63. The van der Waals surface area contributed by atoms with Crippen LogP contribution in [0.2, 0.25) is 0 Å². The first kappa shape index (κ1) is 11.1. The molecule has 14 heavy (non-hydrogen) atoms. The van der Waals surface area contributed by atoms with Gasteiger partial charge in [0.25, 0.3) is 10.5 Å². The standard InChI is InChI=1S/2C3H3NO2S/c2*5-2-1-7-3(6)4-2/h2*1H2,(H,4,5,6). The second-order valence-electron chi connectivity index (χ2n) is 2.25. The largest absolute Gasteiger partial charge is 0.286 e. The lowest BCUT2D eigenvalue weighted by Crippen LogP contribution is -2.18. The molecule has 0 aliphatic carbocycles. The Bertz CT molecular complexity index is 246. The van der Waals surface area contributed by atoms with Crippen molar-refractivity contribution in [3.63, 3.8) is 0 Å². The molecule has 0 unspecified atom stereocenters. The fourth-order valence-corrected chi connectivity index (χ4v) is 1.67. The predicted molar refractivity (Wildman–Crippen MR) is 52.0 cm³/mol. The molecule has 0 spiro atoms. The minimum atomic E-state index is -0.231. The van der Waals surface area contributed by atoms with Gasteiger partial charge in [-0.05, 0) is 0 Å². The molecular weight excluding hydrogens is 228 g/mol. The number of hydrogen-bond donors (Lipinski definition) is 2. The Kier molecular flexibility index (Phi) is 3.96. The van der Waals surface area contributed by atoms with Crippen molar-refractivity contribution in [2.75, 3.05) is 11.5 Å². The van der Waals surface area contributed by atoms with Crippen LogP contribution >= 0.6 is 23.5 Å². The van der Waals surface area contributed by atoms with Gasteiger partial charge in [-0.25, -0.2) is 0 Å². The van der Waals surface area contributed by atoms with Gasteiger partial charge < -0.3 is 0 Å². The van der Waals surface area contributed by atoms with Gasteiger partial charge in [-0.15, -0.1) is 0 Å². The average molecular weight is 234 g/mol. The van der Waals surface area contributed by atoms with Gasteiger partial charge in [-0.3, -0.25) is 29.8 Å². The quantitative estimate of drug-likeness (QED) is 0.610. The molecule has 2 saturated heterocycles. The zero-order chi connectivity index (χ0) is 10.6. The highest BCUT2D eigenvalue weighted by molar-refractivity contribution is 8.15. The molecule has 0 aromatic rings. The predicted octanol–water partition coefficient (Wildman–Crippen LogP) is -0.0612. The molecule has 2 rings (SSSR count).